The molecule has 0 heterocycles. The van der Waals surface area contributed by atoms with Crippen molar-refractivity contribution >= 4 is 11.8 Å². The fourth-order valence-corrected chi connectivity index (χ4v) is 0.458. The summed E-state index contributed by atoms with van der Waals surface area (Å²) in [6.07, 6.45) is -4.66. The van der Waals surface area contributed by atoms with Crippen molar-refractivity contribution in [1.29, 1.82) is 0 Å². The standard InChI is InChI=1S/C6H8F4N2O2/c1-5(7,3(11)13)4(14)12-2-6(8,9)10/h2H2,1H3,(H2,11,13)(H,12,14). The van der Waals surface area contributed by atoms with E-state index in [9.17, 15) is 27.2 Å². The second kappa shape index (κ2) is 3.81. The Morgan fingerprint density at radius 1 is 1.29 bits per heavy atom. The number of hydrogen-bond donors (Lipinski definition) is 2. The molecule has 14 heavy (non-hydrogen) atoms. The minimum Gasteiger partial charge on any atom is -0.366 e. The minimum absolute atomic E-state index is 0.487. The van der Waals surface area contributed by atoms with Crippen LogP contribution in [0.4, 0.5) is 17.6 Å². The lowest BCUT2D eigenvalue weighted by Crippen LogP contribution is -2.52. The van der Waals surface area contributed by atoms with Gasteiger partial charge in [-0.25, -0.2) is 4.39 Å². The lowest BCUT2D eigenvalue weighted by Gasteiger charge is -2.16. The number of alkyl halides is 4. The molecule has 0 radical (unpaired) electrons. The van der Waals surface area contributed by atoms with Crippen molar-refractivity contribution in [2.24, 2.45) is 5.73 Å². The lowest BCUT2D eigenvalue weighted by molar-refractivity contribution is -0.150. The quantitative estimate of drug-likeness (QED) is 0.509. The molecule has 4 nitrogen and oxygen atoms in total. The first kappa shape index (κ1) is 12.7. The molecule has 0 spiro atoms. The summed E-state index contributed by atoms with van der Waals surface area (Å²) in [6.45, 7) is -1.22. The van der Waals surface area contributed by atoms with Gasteiger partial charge in [-0.15, -0.1) is 0 Å². The second-order valence-electron chi connectivity index (χ2n) is 2.67. The first-order chi connectivity index (χ1) is 6.07. The maximum atomic E-state index is 12.9. The molecule has 0 aromatic rings. The van der Waals surface area contributed by atoms with Gasteiger partial charge in [-0.1, -0.05) is 0 Å². The van der Waals surface area contributed by atoms with E-state index in [4.69, 9.17) is 0 Å². The van der Waals surface area contributed by atoms with Crippen LogP contribution >= 0.6 is 0 Å². The molecule has 0 aromatic carbocycles. The monoisotopic (exact) mass is 216 g/mol. The van der Waals surface area contributed by atoms with Crippen molar-refractivity contribution < 1.29 is 27.2 Å². The molecule has 8 heteroatoms. The summed E-state index contributed by atoms with van der Waals surface area (Å²) in [4.78, 5) is 21.0. The maximum Gasteiger partial charge on any atom is 0.405 e. The number of halogens is 4. The average molecular weight is 216 g/mol. The van der Waals surface area contributed by atoms with Gasteiger partial charge in [-0.3, -0.25) is 9.59 Å². The van der Waals surface area contributed by atoms with E-state index in [0.717, 1.165) is 0 Å². The fraction of sp³-hybridized carbons (Fsp3) is 0.667. The van der Waals surface area contributed by atoms with Crippen LogP contribution in [-0.2, 0) is 9.59 Å². The molecule has 2 amide bonds. The Kier molecular flexibility index (Phi) is 3.44. The molecule has 0 fully saturated rings. The van der Waals surface area contributed by atoms with Crippen molar-refractivity contribution in [2.45, 2.75) is 18.8 Å². The number of nitrogens with two attached hydrogens (primary N) is 1. The summed E-state index contributed by atoms with van der Waals surface area (Å²) < 4.78 is 47.6. The predicted molar refractivity (Wildman–Crippen MR) is 37.8 cm³/mol. The van der Waals surface area contributed by atoms with Crippen molar-refractivity contribution in [3.8, 4) is 0 Å². The van der Waals surface area contributed by atoms with Crippen molar-refractivity contribution in [1.82, 2.24) is 5.32 Å². The largest absolute Gasteiger partial charge is 0.405 e. The molecule has 0 aromatic heterocycles. The summed E-state index contributed by atoms with van der Waals surface area (Å²) in [6, 6.07) is 0. The van der Waals surface area contributed by atoms with Gasteiger partial charge in [-0.2, -0.15) is 13.2 Å². The Morgan fingerprint density at radius 3 is 2.00 bits per heavy atom. The number of primary amides is 1. The van der Waals surface area contributed by atoms with Gasteiger partial charge < -0.3 is 11.1 Å². The van der Waals surface area contributed by atoms with E-state index >= 15 is 0 Å². The van der Waals surface area contributed by atoms with Gasteiger partial charge in [-0.05, 0) is 6.92 Å². The summed E-state index contributed by atoms with van der Waals surface area (Å²) in [5.41, 5.74) is 1.32. The normalized spacial score (nSPS) is 15.8. The summed E-state index contributed by atoms with van der Waals surface area (Å²) in [5, 5.41) is 1.20. The Labute approximate surface area is 76.4 Å². The van der Waals surface area contributed by atoms with E-state index in [1.807, 2.05) is 0 Å². The Hall–Kier alpha value is -1.34. The first-order valence-electron chi connectivity index (χ1n) is 3.41. The molecule has 0 aliphatic heterocycles. The van der Waals surface area contributed by atoms with Gasteiger partial charge in [0.05, 0.1) is 0 Å². The number of rotatable bonds is 3. The van der Waals surface area contributed by atoms with E-state index in [2.05, 4.69) is 5.73 Å². The van der Waals surface area contributed by atoms with Crippen LogP contribution < -0.4 is 11.1 Å². The number of amides is 2. The summed E-state index contributed by atoms with van der Waals surface area (Å²) in [5.74, 6) is -3.35. The highest BCUT2D eigenvalue weighted by molar-refractivity contribution is 6.07. The molecule has 0 aliphatic rings. The van der Waals surface area contributed by atoms with Crippen LogP contribution in [0, 0.1) is 0 Å². The number of carbonyl (C=O) groups excluding carboxylic acids is 2. The fourth-order valence-electron chi connectivity index (χ4n) is 0.458. The van der Waals surface area contributed by atoms with E-state index in [-0.39, 0.29) is 0 Å². The molecule has 0 aliphatic carbocycles. The van der Waals surface area contributed by atoms with Gasteiger partial charge in [0.2, 0.25) is 0 Å². The molecule has 0 rings (SSSR count). The lowest BCUT2D eigenvalue weighted by atomic mass is 10.1. The summed E-state index contributed by atoms with van der Waals surface area (Å²) >= 11 is 0. The van der Waals surface area contributed by atoms with Gasteiger partial charge in [0, 0.05) is 0 Å². The molecule has 0 bridgehead atoms. The van der Waals surface area contributed by atoms with Crippen molar-refractivity contribution in [3.63, 3.8) is 0 Å². The van der Waals surface area contributed by atoms with Gasteiger partial charge in [0.15, 0.2) is 0 Å². The molecule has 82 valence electrons. The molecule has 1 unspecified atom stereocenters. The second-order valence-corrected chi connectivity index (χ2v) is 2.67. The van der Waals surface area contributed by atoms with E-state index in [1.165, 1.54) is 5.32 Å². The maximum absolute atomic E-state index is 12.9. The zero-order chi connectivity index (χ0) is 11.6. The predicted octanol–water partition coefficient (Wildman–Crippen LogP) is -0.122. The van der Waals surface area contributed by atoms with Crippen molar-refractivity contribution in [3.05, 3.63) is 0 Å². The minimum atomic E-state index is -4.66. The third kappa shape index (κ3) is 3.58. The van der Waals surface area contributed by atoms with Crippen molar-refractivity contribution in [2.75, 3.05) is 6.54 Å². The molecular weight excluding hydrogens is 208 g/mol. The van der Waals surface area contributed by atoms with Crippen LogP contribution in [0.1, 0.15) is 6.92 Å². The van der Waals surface area contributed by atoms with Gasteiger partial charge in [0.1, 0.15) is 6.54 Å². The molecule has 0 saturated heterocycles. The molecule has 1 atom stereocenters. The highest BCUT2D eigenvalue weighted by Crippen LogP contribution is 2.14. The Morgan fingerprint density at radius 2 is 1.71 bits per heavy atom. The number of hydrogen-bond acceptors (Lipinski definition) is 2. The van der Waals surface area contributed by atoms with Crippen LogP contribution in [0.25, 0.3) is 0 Å². The van der Waals surface area contributed by atoms with Gasteiger partial charge >= 0.3 is 6.18 Å². The van der Waals surface area contributed by atoms with Crippen LogP contribution in [0.2, 0.25) is 0 Å². The van der Waals surface area contributed by atoms with Crippen LogP contribution in [0.15, 0.2) is 0 Å². The Balaban J connectivity index is 4.30. The highest BCUT2D eigenvalue weighted by atomic mass is 19.4. The third-order valence-electron chi connectivity index (χ3n) is 1.34. The topological polar surface area (TPSA) is 72.2 Å². The number of carbonyl (C=O) groups is 2. The smallest absolute Gasteiger partial charge is 0.366 e. The highest BCUT2D eigenvalue weighted by Gasteiger charge is 2.41. The van der Waals surface area contributed by atoms with E-state index in [1.54, 1.807) is 0 Å². The van der Waals surface area contributed by atoms with Crippen LogP contribution in [0.3, 0.4) is 0 Å². The van der Waals surface area contributed by atoms with Crippen LogP contribution in [0.5, 0.6) is 0 Å². The van der Waals surface area contributed by atoms with Crippen LogP contribution in [-0.4, -0.2) is 30.2 Å². The molecule has 0 saturated carbocycles. The third-order valence-corrected chi connectivity index (χ3v) is 1.34. The Bertz CT molecular complexity index is 249. The number of nitrogens with one attached hydrogen (secondary N) is 1. The zero-order valence-corrected chi connectivity index (χ0v) is 7.11. The molecular formula is C6H8F4N2O2. The first-order valence-corrected chi connectivity index (χ1v) is 3.41. The van der Waals surface area contributed by atoms with Gasteiger partial charge in [0.25, 0.3) is 17.5 Å². The molecule has 3 N–H and O–H groups in total. The average Bonchev–Trinajstić information content (AvgIpc) is 1.98. The SMILES string of the molecule is CC(F)(C(N)=O)C(=O)NCC(F)(F)F. The summed E-state index contributed by atoms with van der Waals surface area (Å²) in [7, 11) is 0. The zero-order valence-electron chi connectivity index (χ0n) is 7.11. The van der Waals surface area contributed by atoms with E-state index in [0.29, 0.717) is 6.92 Å². The van der Waals surface area contributed by atoms with E-state index < -0.39 is 30.2 Å².